The zero-order valence-electron chi connectivity index (χ0n) is 9.95. The van der Waals surface area contributed by atoms with E-state index >= 15 is 0 Å². The molecule has 1 aromatic heterocycles. The number of hydrogen-bond acceptors (Lipinski definition) is 3. The molecule has 0 aliphatic heterocycles. The first-order valence-corrected chi connectivity index (χ1v) is 7.68. The Labute approximate surface area is 118 Å². The summed E-state index contributed by atoms with van der Waals surface area (Å²) in [4.78, 5) is 23.9. The van der Waals surface area contributed by atoms with Crippen molar-refractivity contribution in [2.75, 3.05) is 0 Å². The van der Waals surface area contributed by atoms with Crippen LogP contribution in [0.15, 0.2) is 15.9 Å². The molecule has 1 heterocycles. The van der Waals surface area contributed by atoms with Gasteiger partial charge in [0.25, 0.3) is 0 Å². The molecule has 1 aliphatic rings. The Kier molecular flexibility index (Phi) is 4.22. The summed E-state index contributed by atoms with van der Waals surface area (Å²) in [7, 11) is 0. The number of carbonyl (C=O) groups is 2. The van der Waals surface area contributed by atoms with Gasteiger partial charge in [0.15, 0.2) is 5.78 Å². The van der Waals surface area contributed by atoms with Gasteiger partial charge in [0.05, 0.1) is 11.3 Å². The molecule has 0 aromatic carbocycles. The number of carboxylic acid groups (broad SMARTS) is 1. The number of carbonyl (C=O) groups excluding carboxylic acids is 1. The van der Waals surface area contributed by atoms with Crippen LogP contribution in [0.25, 0.3) is 0 Å². The average Bonchev–Trinajstić information content (AvgIpc) is 2.86. The summed E-state index contributed by atoms with van der Waals surface area (Å²) >= 11 is 4.77. The second kappa shape index (κ2) is 5.53. The molecule has 5 heteroatoms. The van der Waals surface area contributed by atoms with Crippen molar-refractivity contribution in [2.24, 2.45) is 5.41 Å². The van der Waals surface area contributed by atoms with E-state index in [0.717, 1.165) is 30.2 Å². The maximum atomic E-state index is 12.3. The van der Waals surface area contributed by atoms with Crippen LogP contribution in [-0.2, 0) is 4.79 Å². The number of halogens is 1. The molecule has 0 bridgehead atoms. The summed E-state index contributed by atoms with van der Waals surface area (Å²) in [5.74, 6) is -0.727. The van der Waals surface area contributed by atoms with Gasteiger partial charge < -0.3 is 5.11 Å². The summed E-state index contributed by atoms with van der Waals surface area (Å²) in [5, 5.41) is 10.9. The molecular weight excluding hydrogens is 316 g/mol. The number of ketones is 1. The minimum Gasteiger partial charge on any atom is -0.481 e. The Morgan fingerprint density at radius 2 is 2.00 bits per heavy atom. The third-order valence-corrected chi connectivity index (χ3v) is 5.48. The molecule has 1 fully saturated rings. The van der Waals surface area contributed by atoms with Gasteiger partial charge in [-0.3, -0.25) is 9.59 Å². The molecular formula is C13H15BrO3S. The van der Waals surface area contributed by atoms with Crippen LogP contribution in [-0.4, -0.2) is 16.9 Å². The van der Waals surface area contributed by atoms with Gasteiger partial charge in [-0.1, -0.05) is 12.8 Å². The van der Waals surface area contributed by atoms with Crippen LogP contribution in [0, 0.1) is 5.41 Å². The van der Waals surface area contributed by atoms with Gasteiger partial charge in [-0.05, 0) is 45.6 Å². The van der Waals surface area contributed by atoms with E-state index in [1.807, 2.05) is 11.4 Å². The Balaban J connectivity index is 2.12. The smallest absolute Gasteiger partial charge is 0.303 e. The molecule has 0 saturated heterocycles. The number of Topliss-reactive ketones (excluding diaryl/α,β-unsaturated/α-hetero) is 1. The van der Waals surface area contributed by atoms with Gasteiger partial charge in [-0.2, -0.15) is 0 Å². The predicted octanol–water partition coefficient (Wildman–Crippen LogP) is 4.12. The lowest BCUT2D eigenvalue weighted by atomic mass is 9.78. The minimum absolute atomic E-state index is 0.0695. The second-order valence-corrected chi connectivity index (χ2v) is 6.75. The van der Waals surface area contributed by atoms with E-state index in [9.17, 15) is 9.59 Å². The Morgan fingerprint density at radius 1 is 1.33 bits per heavy atom. The van der Waals surface area contributed by atoms with Gasteiger partial charge in [0, 0.05) is 10.9 Å². The normalized spacial score (nSPS) is 17.8. The van der Waals surface area contributed by atoms with Gasteiger partial charge in [0.2, 0.25) is 0 Å². The lowest BCUT2D eigenvalue weighted by molar-refractivity contribution is -0.139. The molecule has 1 N–H and O–H groups in total. The summed E-state index contributed by atoms with van der Waals surface area (Å²) in [5.41, 5.74) is -0.313. The number of aliphatic carboxylic acids is 1. The van der Waals surface area contributed by atoms with Crippen molar-refractivity contribution in [1.82, 2.24) is 0 Å². The van der Waals surface area contributed by atoms with E-state index in [1.54, 1.807) is 0 Å². The summed E-state index contributed by atoms with van der Waals surface area (Å²) in [6, 6.07) is 1.86. The first-order chi connectivity index (χ1) is 8.52. The van der Waals surface area contributed by atoms with Crippen molar-refractivity contribution in [3.8, 4) is 0 Å². The Bertz CT molecular complexity index is 461. The van der Waals surface area contributed by atoms with Crippen molar-refractivity contribution in [3.05, 3.63) is 20.8 Å². The van der Waals surface area contributed by atoms with Crippen molar-refractivity contribution >= 4 is 39.0 Å². The molecule has 0 amide bonds. The molecule has 18 heavy (non-hydrogen) atoms. The fraction of sp³-hybridized carbons (Fsp3) is 0.538. The topological polar surface area (TPSA) is 54.4 Å². The lowest BCUT2D eigenvalue weighted by Crippen LogP contribution is -2.24. The number of carboxylic acids is 1. The van der Waals surface area contributed by atoms with E-state index in [4.69, 9.17) is 5.11 Å². The van der Waals surface area contributed by atoms with Crippen LogP contribution in [0.4, 0.5) is 0 Å². The van der Waals surface area contributed by atoms with Crippen LogP contribution in [0.2, 0.25) is 0 Å². The zero-order chi connectivity index (χ0) is 13.2. The first-order valence-electron chi connectivity index (χ1n) is 6.00. The van der Waals surface area contributed by atoms with Gasteiger partial charge in [-0.25, -0.2) is 0 Å². The van der Waals surface area contributed by atoms with Crippen LogP contribution in [0.5, 0.6) is 0 Å². The van der Waals surface area contributed by atoms with Gasteiger partial charge in [-0.15, -0.1) is 11.3 Å². The molecule has 0 atom stereocenters. The average molecular weight is 331 g/mol. The van der Waals surface area contributed by atoms with Gasteiger partial charge in [0.1, 0.15) is 0 Å². The highest BCUT2D eigenvalue weighted by Crippen LogP contribution is 2.45. The molecule has 1 saturated carbocycles. The van der Waals surface area contributed by atoms with Crippen molar-refractivity contribution in [1.29, 1.82) is 0 Å². The molecule has 3 nitrogen and oxygen atoms in total. The maximum Gasteiger partial charge on any atom is 0.303 e. The molecule has 1 aliphatic carbocycles. The van der Waals surface area contributed by atoms with E-state index < -0.39 is 5.97 Å². The SMILES string of the molecule is O=C(O)CC1(CC(=O)c2sccc2Br)CCCC1. The van der Waals surface area contributed by atoms with E-state index in [1.165, 1.54) is 11.3 Å². The summed E-state index contributed by atoms with van der Waals surface area (Å²) in [6.45, 7) is 0. The summed E-state index contributed by atoms with van der Waals surface area (Å²) in [6.07, 6.45) is 4.25. The molecule has 0 unspecified atom stereocenters. The standard InChI is InChI=1S/C13H15BrO3S/c14-9-3-6-18-12(9)10(15)7-13(8-11(16)17)4-1-2-5-13/h3,6H,1-2,4-5,7-8H2,(H,16,17). The third-order valence-electron chi connectivity index (χ3n) is 3.60. The highest BCUT2D eigenvalue weighted by molar-refractivity contribution is 9.10. The van der Waals surface area contributed by atoms with Crippen LogP contribution < -0.4 is 0 Å². The molecule has 1 aromatic rings. The largest absolute Gasteiger partial charge is 0.481 e. The molecule has 0 radical (unpaired) electrons. The van der Waals surface area contributed by atoms with Crippen LogP contribution >= 0.6 is 27.3 Å². The number of thiophene rings is 1. The minimum atomic E-state index is -0.796. The molecule has 0 spiro atoms. The second-order valence-electron chi connectivity index (χ2n) is 4.98. The van der Waals surface area contributed by atoms with Crippen LogP contribution in [0.1, 0.15) is 48.2 Å². The molecule has 98 valence electrons. The number of rotatable bonds is 5. The Morgan fingerprint density at radius 3 is 2.50 bits per heavy atom. The lowest BCUT2D eigenvalue weighted by Gasteiger charge is -2.26. The highest BCUT2D eigenvalue weighted by Gasteiger charge is 2.38. The van der Waals surface area contributed by atoms with Crippen molar-refractivity contribution < 1.29 is 14.7 Å². The monoisotopic (exact) mass is 330 g/mol. The van der Waals surface area contributed by atoms with E-state index in [0.29, 0.717) is 11.3 Å². The fourth-order valence-corrected chi connectivity index (χ4v) is 4.31. The predicted molar refractivity (Wildman–Crippen MR) is 74.1 cm³/mol. The van der Waals surface area contributed by atoms with E-state index in [2.05, 4.69) is 15.9 Å². The van der Waals surface area contributed by atoms with E-state index in [-0.39, 0.29) is 17.6 Å². The zero-order valence-corrected chi connectivity index (χ0v) is 12.3. The van der Waals surface area contributed by atoms with Crippen molar-refractivity contribution in [3.63, 3.8) is 0 Å². The number of hydrogen-bond donors (Lipinski definition) is 1. The third kappa shape index (κ3) is 3.01. The fourth-order valence-electron chi connectivity index (χ4n) is 2.78. The van der Waals surface area contributed by atoms with Crippen LogP contribution in [0.3, 0.4) is 0 Å². The quantitative estimate of drug-likeness (QED) is 0.826. The Hall–Kier alpha value is -0.680. The first kappa shape index (κ1) is 13.7. The molecule has 2 rings (SSSR count). The van der Waals surface area contributed by atoms with Crippen molar-refractivity contribution in [2.45, 2.75) is 38.5 Å². The summed E-state index contributed by atoms with van der Waals surface area (Å²) < 4.78 is 0.820. The maximum absolute atomic E-state index is 12.3. The van der Waals surface area contributed by atoms with Gasteiger partial charge >= 0.3 is 5.97 Å². The highest BCUT2D eigenvalue weighted by atomic mass is 79.9.